The van der Waals surface area contributed by atoms with Crippen LogP contribution in [0.15, 0.2) is 0 Å². The predicted molar refractivity (Wildman–Crippen MR) is 42.8 cm³/mol. The van der Waals surface area contributed by atoms with E-state index in [9.17, 15) is 4.79 Å². The number of rotatable bonds is 3. The molecule has 0 rings (SSSR count). The zero-order chi connectivity index (χ0) is 7.28. The highest BCUT2D eigenvalue weighted by Crippen LogP contribution is 1.98. The van der Waals surface area contributed by atoms with Crippen LogP contribution in [0, 0.1) is 5.92 Å². The molecule has 0 aromatic carbocycles. The van der Waals surface area contributed by atoms with Gasteiger partial charge in [0.2, 0.25) is 0 Å². The molecule has 0 fully saturated rings. The topological polar surface area (TPSA) is 26.3 Å². The Labute approximate surface area is 63.6 Å². The van der Waals surface area contributed by atoms with Crippen LogP contribution in [0.3, 0.4) is 0 Å². The third kappa shape index (κ3) is 10.5. The maximum absolute atomic E-state index is 10.2. The zero-order valence-corrected chi connectivity index (χ0v) is 6.31. The average molecular weight is 146 g/mol. The Morgan fingerprint density at radius 1 is 1.50 bits per heavy atom. The van der Waals surface area contributed by atoms with Crippen LogP contribution in [-0.4, -0.2) is 12.6 Å². The molecule has 2 nitrogen and oxygen atoms in total. The van der Waals surface area contributed by atoms with Crippen molar-refractivity contribution in [2.75, 3.05) is 6.61 Å². The summed E-state index contributed by atoms with van der Waals surface area (Å²) in [4.78, 5) is 10.2. The van der Waals surface area contributed by atoms with E-state index in [0.717, 1.165) is 6.42 Å². The van der Waals surface area contributed by atoms with Crippen molar-refractivity contribution in [3.05, 3.63) is 0 Å². The van der Waals surface area contributed by atoms with Gasteiger partial charge in [0.05, 0.1) is 6.61 Å². The first kappa shape index (κ1) is 12.2. The Balaban J connectivity index is 0. The molecule has 0 aliphatic rings. The van der Waals surface area contributed by atoms with E-state index in [4.69, 9.17) is 4.74 Å². The van der Waals surface area contributed by atoms with Crippen LogP contribution in [0.1, 0.15) is 34.6 Å². The summed E-state index contributed by atoms with van der Waals surface area (Å²) in [6.07, 6.45) is 0.958. The third-order valence-electron chi connectivity index (χ3n) is 1.00. The molecule has 0 aromatic rings. The molecular formula is C8H18O2. The van der Waals surface area contributed by atoms with E-state index in [2.05, 4.69) is 13.8 Å². The van der Waals surface area contributed by atoms with Crippen molar-refractivity contribution in [3.63, 3.8) is 0 Å². The summed E-state index contributed by atoms with van der Waals surface area (Å²) in [6.45, 7) is 6.19. The van der Waals surface area contributed by atoms with E-state index < -0.39 is 0 Å². The normalized spacial score (nSPS) is 8.80. The predicted octanol–water partition coefficient (Wildman–Crippen LogP) is 2.23. The van der Waals surface area contributed by atoms with Crippen molar-refractivity contribution in [1.82, 2.24) is 0 Å². The highest BCUT2D eigenvalue weighted by atomic mass is 16.5. The summed E-state index contributed by atoms with van der Waals surface area (Å²) in [5.41, 5.74) is 0. The van der Waals surface area contributed by atoms with Gasteiger partial charge in [0.15, 0.2) is 0 Å². The number of esters is 1. The third-order valence-corrected chi connectivity index (χ3v) is 1.00. The molecule has 0 aliphatic heterocycles. The van der Waals surface area contributed by atoms with Crippen LogP contribution >= 0.6 is 0 Å². The van der Waals surface area contributed by atoms with E-state index in [0.29, 0.717) is 12.5 Å². The molecular weight excluding hydrogens is 128 g/mol. The van der Waals surface area contributed by atoms with Gasteiger partial charge in [-0.1, -0.05) is 21.3 Å². The molecule has 0 saturated carbocycles. The Hall–Kier alpha value is -0.530. The van der Waals surface area contributed by atoms with Crippen LogP contribution in [0.4, 0.5) is 0 Å². The Bertz CT molecular complexity index is 87.3. The highest BCUT2D eigenvalue weighted by Gasteiger charge is 1.94. The second-order valence-electron chi connectivity index (χ2n) is 2.52. The van der Waals surface area contributed by atoms with Crippen molar-refractivity contribution in [1.29, 1.82) is 0 Å². The minimum Gasteiger partial charge on any atom is -0.466 e. The molecule has 0 radical (unpaired) electrons. The summed E-state index contributed by atoms with van der Waals surface area (Å²) in [5, 5.41) is 0. The lowest BCUT2D eigenvalue weighted by molar-refractivity contribution is -0.141. The molecule has 0 saturated heterocycles. The average Bonchev–Trinajstić information content (AvgIpc) is 1.63. The van der Waals surface area contributed by atoms with E-state index in [1.54, 1.807) is 0 Å². The number of carbonyl (C=O) groups excluding carboxylic acids is 1. The van der Waals surface area contributed by atoms with Crippen molar-refractivity contribution in [2.24, 2.45) is 5.92 Å². The molecule has 62 valence electrons. The molecule has 0 amide bonds. The lowest BCUT2D eigenvalue weighted by Gasteiger charge is -2.02. The van der Waals surface area contributed by atoms with Gasteiger partial charge in [0.1, 0.15) is 0 Å². The molecule has 0 aliphatic carbocycles. The molecule has 0 N–H and O–H groups in total. The van der Waals surface area contributed by atoms with Crippen LogP contribution in [0.2, 0.25) is 0 Å². The smallest absolute Gasteiger partial charge is 0.302 e. The van der Waals surface area contributed by atoms with E-state index in [1.165, 1.54) is 6.92 Å². The van der Waals surface area contributed by atoms with Gasteiger partial charge in [-0.3, -0.25) is 4.79 Å². The largest absolute Gasteiger partial charge is 0.466 e. The Kier molecular flexibility index (Phi) is 8.02. The van der Waals surface area contributed by atoms with Crippen molar-refractivity contribution in [3.8, 4) is 0 Å². The van der Waals surface area contributed by atoms with Gasteiger partial charge >= 0.3 is 5.97 Å². The van der Waals surface area contributed by atoms with Gasteiger partial charge in [-0.05, 0) is 12.3 Å². The van der Waals surface area contributed by atoms with Crippen LogP contribution < -0.4 is 0 Å². The molecule has 0 spiro atoms. The van der Waals surface area contributed by atoms with Gasteiger partial charge in [-0.25, -0.2) is 0 Å². The zero-order valence-electron chi connectivity index (χ0n) is 6.31. The molecule has 10 heavy (non-hydrogen) atoms. The van der Waals surface area contributed by atoms with E-state index in [-0.39, 0.29) is 13.4 Å². The molecule has 2 heteroatoms. The van der Waals surface area contributed by atoms with Crippen LogP contribution in [-0.2, 0) is 9.53 Å². The SMILES string of the molecule is C.CC(=O)OCCC(C)C. The first-order valence-electron chi connectivity index (χ1n) is 3.26. The maximum Gasteiger partial charge on any atom is 0.302 e. The fraction of sp³-hybridized carbons (Fsp3) is 0.875. The number of carbonyl (C=O) groups is 1. The fourth-order valence-electron chi connectivity index (χ4n) is 0.438. The number of hydrogen-bond donors (Lipinski definition) is 0. The second kappa shape index (κ2) is 6.59. The molecule has 0 bridgehead atoms. The second-order valence-corrected chi connectivity index (χ2v) is 2.52. The first-order valence-corrected chi connectivity index (χ1v) is 3.26. The lowest BCUT2D eigenvalue weighted by Crippen LogP contribution is -2.02. The van der Waals surface area contributed by atoms with Gasteiger partial charge < -0.3 is 4.74 Å². The van der Waals surface area contributed by atoms with Gasteiger partial charge in [0.25, 0.3) is 0 Å². The van der Waals surface area contributed by atoms with E-state index in [1.807, 2.05) is 0 Å². The Morgan fingerprint density at radius 2 is 2.00 bits per heavy atom. The molecule has 0 aromatic heterocycles. The fourth-order valence-corrected chi connectivity index (χ4v) is 0.438. The van der Waals surface area contributed by atoms with Gasteiger partial charge in [0, 0.05) is 6.92 Å². The maximum atomic E-state index is 10.2. The van der Waals surface area contributed by atoms with Crippen LogP contribution in [0.25, 0.3) is 0 Å². The quantitative estimate of drug-likeness (QED) is 0.571. The van der Waals surface area contributed by atoms with Gasteiger partial charge in [-0.15, -0.1) is 0 Å². The highest BCUT2D eigenvalue weighted by molar-refractivity contribution is 5.65. The number of ether oxygens (including phenoxy) is 1. The monoisotopic (exact) mass is 146 g/mol. The lowest BCUT2D eigenvalue weighted by atomic mass is 10.1. The standard InChI is InChI=1S/C7H14O2.CH4/c1-6(2)4-5-9-7(3)8;/h6H,4-5H2,1-3H3;1H4. The minimum atomic E-state index is -0.185. The van der Waals surface area contributed by atoms with Crippen molar-refractivity contribution >= 4 is 5.97 Å². The summed E-state index contributed by atoms with van der Waals surface area (Å²) >= 11 is 0. The summed E-state index contributed by atoms with van der Waals surface area (Å²) in [7, 11) is 0. The van der Waals surface area contributed by atoms with Crippen molar-refractivity contribution in [2.45, 2.75) is 34.6 Å². The number of hydrogen-bond acceptors (Lipinski definition) is 2. The first-order chi connectivity index (χ1) is 4.13. The van der Waals surface area contributed by atoms with E-state index >= 15 is 0 Å². The summed E-state index contributed by atoms with van der Waals surface area (Å²) in [5.74, 6) is 0.431. The summed E-state index contributed by atoms with van der Waals surface area (Å²) < 4.78 is 4.71. The minimum absolute atomic E-state index is 0. The van der Waals surface area contributed by atoms with Crippen LogP contribution in [0.5, 0.6) is 0 Å². The summed E-state index contributed by atoms with van der Waals surface area (Å²) in [6, 6.07) is 0. The molecule has 0 unspecified atom stereocenters. The van der Waals surface area contributed by atoms with Crippen molar-refractivity contribution < 1.29 is 9.53 Å². The Morgan fingerprint density at radius 3 is 2.30 bits per heavy atom. The van der Waals surface area contributed by atoms with Gasteiger partial charge in [-0.2, -0.15) is 0 Å². The molecule has 0 heterocycles. The molecule has 0 atom stereocenters.